The maximum atomic E-state index is 5.58. The highest BCUT2D eigenvalue weighted by molar-refractivity contribution is 5.69. The number of terminal acetylenes is 2. The molecule has 1 aliphatic rings. The van der Waals surface area contributed by atoms with E-state index in [-0.39, 0.29) is 0 Å². The Hall–Kier alpha value is -2.06. The molecule has 2 nitrogen and oxygen atoms in total. The van der Waals surface area contributed by atoms with Crippen LogP contribution in [0.4, 0.5) is 0 Å². The average Bonchev–Trinajstić information content (AvgIpc) is 2.44. The Balaban J connectivity index is 2.85. The molecule has 0 spiro atoms. The maximum absolute atomic E-state index is 5.58. The van der Waals surface area contributed by atoms with E-state index in [1.807, 2.05) is 0 Å². The lowest BCUT2D eigenvalue weighted by atomic mass is 9.86. The van der Waals surface area contributed by atoms with Crippen LogP contribution >= 0.6 is 0 Å². The van der Waals surface area contributed by atoms with Crippen molar-refractivity contribution < 1.29 is 9.47 Å². The molecule has 1 aromatic carbocycles. The van der Waals surface area contributed by atoms with Gasteiger partial charge in [0.15, 0.2) is 0 Å². The van der Waals surface area contributed by atoms with Crippen molar-refractivity contribution in [1.82, 2.24) is 0 Å². The minimum atomic E-state index is 0.637. The summed E-state index contributed by atoms with van der Waals surface area (Å²) in [5.41, 5.74) is 3.59. The Bertz CT molecular complexity index is 505. The van der Waals surface area contributed by atoms with Crippen molar-refractivity contribution in [1.29, 1.82) is 0 Å². The van der Waals surface area contributed by atoms with Crippen molar-refractivity contribution in [2.75, 3.05) is 14.2 Å². The highest BCUT2D eigenvalue weighted by atomic mass is 16.5. The lowest BCUT2D eigenvalue weighted by molar-refractivity contribution is 0.387. The second kappa shape index (κ2) is 5.07. The molecule has 0 heterocycles. The van der Waals surface area contributed by atoms with E-state index in [0.717, 1.165) is 48.3 Å². The standard InChI is InChI=1S/C16H16O2/c1-5-11-12(6-2)16(18-4)14-10-8-7-9-13(14)15(11)17-3/h1-2H,7-10H2,3-4H3. The molecule has 0 saturated carbocycles. The number of methoxy groups -OCH3 is 2. The van der Waals surface area contributed by atoms with Crippen LogP contribution in [0.3, 0.4) is 0 Å². The number of rotatable bonds is 2. The Morgan fingerprint density at radius 1 is 0.833 bits per heavy atom. The smallest absolute Gasteiger partial charge is 0.139 e. The molecule has 1 aliphatic carbocycles. The fraction of sp³-hybridized carbons (Fsp3) is 0.375. The summed E-state index contributed by atoms with van der Waals surface area (Å²) in [5, 5.41) is 0. The zero-order valence-electron chi connectivity index (χ0n) is 10.8. The second-order valence-electron chi connectivity index (χ2n) is 4.27. The Morgan fingerprint density at radius 2 is 1.22 bits per heavy atom. The van der Waals surface area contributed by atoms with E-state index in [1.54, 1.807) is 14.2 Å². The van der Waals surface area contributed by atoms with Gasteiger partial charge in [0.25, 0.3) is 0 Å². The predicted molar refractivity (Wildman–Crippen MR) is 72.1 cm³/mol. The van der Waals surface area contributed by atoms with Crippen molar-refractivity contribution in [2.45, 2.75) is 25.7 Å². The van der Waals surface area contributed by atoms with E-state index in [4.69, 9.17) is 22.3 Å². The van der Waals surface area contributed by atoms with Gasteiger partial charge in [-0.05, 0) is 25.7 Å². The van der Waals surface area contributed by atoms with Crippen LogP contribution in [0.25, 0.3) is 0 Å². The Kier molecular flexibility index (Phi) is 3.49. The summed E-state index contributed by atoms with van der Waals surface area (Å²) in [4.78, 5) is 0. The molecule has 0 atom stereocenters. The van der Waals surface area contributed by atoms with Crippen LogP contribution in [-0.2, 0) is 12.8 Å². The zero-order chi connectivity index (χ0) is 13.1. The van der Waals surface area contributed by atoms with Crippen LogP contribution < -0.4 is 9.47 Å². The van der Waals surface area contributed by atoms with Crippen LogP contribution in [0.2, 0.25) is 0 Å². The third kappa shape index (κ3) is 1.71. The molecule has 0 saturated heterocycles. The van der Waals surface area contributed by atoms with Gasteiger partial charge in [-0.1, -0.05) is 11.8 Å². The van der Waals surface area contributed by atoms with Gasteiger partial charge in [0.1, 0.15) is 11.5 Å². The molecule has 0 unspecified atom stereocenters. The summed E-state index contributed by atoms with van der Waals surface area (Å²) in [6.07, 6.45) is 15.4. The molecule has 2 rings (SSSR count). The van der Waals surface area contributed by atoms with E-state index in [2.05, 4.69) is 11.8 Å². The fourth-order valence-corrected chi connectivity index (χ4v) is 2.66. The van der Waals surface area contributed by atoms with E-state index < -0.39 is 0 Å². The summed E-state index contributed by atoms with van der Waals surface area (Å²) in [5.74, 6) is 6.79. The number of ether oxygens (including phenoxy) is 2. The number of hydrogen-bond acceptors (Lipinski definition) is 2. The molecule has 0 aliphatic heterocycles. The third-order valence-electron chi connectivity index (χ3n) is 3.42. The third-order valence-corrected chi connectivity index (χ3v) is 3.42. The minimum absolute atomic E-state index is 0.637. The highest BCUT2D eigenvalue weighted by Gasteiger charge is 2.25. The first-order valence-corrected chi connectivity index (χ1v) is 6.01. The number of hydrogen-bond donors (Lipinski definition) is 0. The van der Waals surface area contributed by atoms with E-state index in [0.29, 0.717) is 11.1 Å². The molecule has 0 bridgehead atoms. The molecule has 0 radical (unpaired) electrons. The molecular formula is C16H16O2. The lowest BCUT2D eigenvalue weighted by Crippen LogP contribution is -2.11. The largest absolute Gasteiger partial charge is 0.495 e. The first kappa shape index (κ1) is 12.4. The van der Waals surface area contributed by atoms with Crippen molar-refractivity contribution in [3.8, 4) is 36.2 Å². The van der Waals surface area contributed by atoms with Gasteiger partial charge in [0.2, 0.25) is 0 Å². The van der Waals surface area contributed by atoms with Crippen LogP contribution in [-0.4, -0.2) is 14.2 Å². The predicted octanol–water partition coefficient (Wildman–Crippen LogP) is 2.55. The first-order chi connectivity index (χ1) is 8.78. The average molecular weight is 240 g/mol. The van der Waals surface area contributed by atoms with Crippen LogP contribution in [0.15, 0.2) is 0 Å². The van der Waals surface area contributed by atoms with Gasteiger partial charge in [-0.25, -0.2) is 0 Å². The van der Waals surface area contributed by atoms with Crippen molar-refractivity contribution in [3.63, 3.8) is 0 Å². The second-order valence-corrected chi connectivity index (χ2v) is 4.27. The molecule has 0 N–H and O–H groups in total. The lowest BCUT2D eigenvalue weighted by Gasteiger charge is -2.24. The van der Waals surface area contributed by atoms with Gasteiger partial charge >= 0.3 is 0 Å². The molecule has 0 fully saturated rings. The van der Waals surface area contributed by atoms with Crippen LogP contribution in [0.1, 0.15) is 35.1 Å². The quantitative estimate of drug-likeness (QED) is 0.740. The summed E-state index contributed by atoms with van der Waals surface area (Å²) < 4.78 is 11.0. The normalized spacial score (nSPS) is 13.1. The van der Waals surface area contributed by atoms with Crippen LogP contribution in [0, 0.1) is 24.7 Å². The van der Waals surface area contributed by atoms with Gasteiger partial charge in [-0.3, -0.25) is 0 Å². The molecule has 2 heteroatoms. The SMILES string of the molecule is C#Cc1c(C#C)c(OC)c2c(c1OC)CCCC2. The van der Waals surface area contributed by atoms with Crippen LogP contribution in [0.5, 0.6) is 11.5 Å². The Morgan fingerprint density at radius 3 is 1.50 bits per heavy atom. The number of fused-ring (bicyclic) bond motifs is 1. The monoisotopic (exact) mass is 240 g/mol. The molecule has 18 heavy (non-hydrogen) atoms. The van der Waals surface area contributed by atoms with E-state index in [9.17, 15) is 0 Å². The van der Waals surface area contributed by atoms with Gasteiger partial charge < -0.3 is 9.47 Å². The van der Waals surface area contributed by atoms with E-state index >= 15 is 0 Å². The molecule has 0 amide bonds. The molecular weight excluding hydrogens is 224 g/mol. The van der Waals surface area contributed by atoms with E-state index in [1.165, 1.54) is 0 Å². The molecule has 1 aromatic rings. The summed E-state index contributed by atoms with van der Waals surface area (Å²) >= 11 is 0. The molecule has 92 valence electrons. The van der Waals surface area contributed by atoms with Crippen molar-refractivity contribution in [3.05, 3.63) is 22.3 Å². The Labute approximate surface area is 108 Å². The molecule has 0 aromatic heterocycles. The first-order valence-electron chi connectivity index (χ1n) is 6.01. The van der Waals surface area contributed by atoms with Crippen molar-refractivity contribution >= 4 is 0 Å². The summed E-state index contributed by atoms with van der Waals surface area (Å²) in [6, 6.07) is 0. The number of benzene rings is 1. The van der Waals surface area contributed by atoms with Gasteiger partial charge in [-0.15, -0.1) is 12.8 Å². The zero-order valence-corrected chi connectivity index (χ0v) is 10.8. The van der Waals surface area contributed by atoms with Gasteiger partial charge in [0.05, 0.1) is 25.3 Å². The summed E-state index contributed by atoms with van der Waals surface area (Å²) in [7, 11) is 3.27. The minimum Gasteiger partial charge on any atom is -0.495 e. The highest BCUT2D eigenvalue weighted by Crippen LogP contribution is 2.41. The summed E-state index contributed by atoms with van der Waals surface area (Å²) in [6.45, 7) is 0. The fourth-order valence-electron chi connectivity index (χ4n) is 2.66. The van der Waals surface area contributed by atoms with Gasteiger partial charge in [0, 0.05) is 11.1 Å². The topological polar surface area (TPSA) is 18.5 Å². The van der Waals surface area contributed by atoms with Crippen molar-refractivity contribution in [2.24, 2.45) is 0 Å². The van der Waals surface area contributed by atoms with Gasteiger partial charge in [-0.2, -0.15) is 0 Å². The maximum Gasteiger partial charge on any atom is 0.139 e.